The van der Waals surface area contributed by atoms with Crippen molar-refractivity contribution in [3.05, 3.63) is 199 Å². The van der Waals surface area contributed by atoms with Gasteiger partial charge in [-0.3, -0.25) is 10.3 Å². The lowest BCUT2D eigenvalue weighted by Crippen LogP contribution is -2.39. The van der Waals surface area contributed by atoms with Crippen LogP contribution in [0.25, 0.3) is 65.5 Å². The molecule has 0 aliphatic carbocycles. The maximum absolute atomic E-state index is 5.44. The highest BCUT2D eigenvalue weighted by Crippen LogP contribution is 2.44. The molecule has 9 aromatic rings. The van der Waals surface area contributed by atoms with E-state index in [9.17, 15) is 0 Å². The molecule has 2 aromatic heterocycles. The standard InChI is InChI=1S/C50H37N5S/c1-32-45(33-17-6-2-7-18-33)51-49(52-46(32)34-19-8-3-9-20-34)38-26-16-25-37(29-38)41-30-39(31-43-44(41)40-27-14-15-28-42(40)56-43)50-54-47(35-21-10-4-11-22-35)53-48(55-50)36-23-12-5-13-24-36/h2-32,45,49,51H,1H3. The summed E-state index contributed by atoms with van der Waals surface area (Å²) >= 11 is 1.80. The summed E-state index contributed by atoms with van der Waals surface area (Å²) < 4.78 is 2.43. The van der Waals surface area contributed by atoms with E-state index in [2.05, 4.69) is 134 Å². The van der Waals surface area contributed by atoms with Crippen LogP contribution in [0.1, 0.15) is 35.8 Å². The molecule has 1 N–H and O–H groups in total. The van der Waals surface area contributed by atoms with E-state index in [-0.39, 0.29) is 18.1 Å². The molecule has 56 heavy (non-hydrogen) atoms. The van der Waals surface area contributed by atoms with Crippen LogP contribution in [0.3, 0.4) is 0 Å². The van der Waals surface area contributed by atoms with Gasteiger partial charge in [-0.15, -0.1) is 11.3 Å². The van der Waals surface area contributed by atoms with Gasteiger partial charge in [0.15, 0.2) is 17.5 Å². The van der Waals surface area contributed by atoms with E-state index in [1.165, 1.54) is 25.7 Å². The number of nitrogens with one attached hydrogen (secondary N) is 1. The maximum Gasteiger partial charge on any atom is 0.164 e. The minimum atomic E-state index is -0.241. The van der Waals surface area contributed by atoms with Crippen molar-refractivity contribution in [3.8, 4) is 45.3 Å². The summed E-state index contributed by atoms with van der Waals surface area (Å²) in [6, 6.07) is 63.8. The molecular weight excluding hydrogens is 703 g/mol. The van der Waals surface area contributed by atoms with Crippen LogP contribution in [0.4, 0.5) is 0 Å². The zero-order valence-corrected chi connectivity index (χ0v) is 31.6. The van der Waals surface area contributed by atoms with Crippen LogP contribution >= 0.6 is 11.3 Å². The van der Waals surface area contributed by atoms with E-state index in [1.54, 1.807) is 11.3 Å². The van der Waals surface area contributed by atoms with Gasteiger partial charge < -0.3 is 0 Å². The average molecular weight is 740 g/mol. The fraction of sp³-hybridized carbons (Fsp3) is 0.0800. The van der Waals surface area contributed by atoms with Crippen molar-refractivity contribution >= 4 is 37.2 Å². The molecule has 10 rings (SSSR count). The molecule has 3 unspecified atom stereocenters. The highest BCUT2D eigenvalue weighted by Gasteiger charge is 2.32. The minimum Gasteiger partial charge on any atom is -0.284 e. The third kappa shape index (κ3) is 6.39. The number of benzene rings is 7. The summed E-state index contributed by atoms with van der Waals surface area (Å²) in [4.78, 5) is 20.6. The number of nitrogens with zero attached hydrogens (tertiary/aromatic N) is 4. The van der Waals surface area contributed by atoms with Crippen LogP contribution in [0.2, 0.25) is 0 Å². The summed E-state index contributed by atoms with van der Waals surface area (Å²) in [7, 11) is 0. The molecule has 7 aromatic carbocycles. The van der Waals surface area contributed by atoms with Crippen molar-refractivity contribution in [1.82, 2.24) is 20.3 Å². The normalized spacial score (nSPS) is 16.9. The zero-order valence-electron chi connectivity index (χ0n) is 30.7. The summed E-state index contributed by atoms with van der Waals surface area (Å²) in [6.45, 7) is 2.28. The van der Waals surface area contributed by atoms with Gasteiger partial charge in [0.1, 0.15) is 6.17 Å². The van der Waals surface area contributed by atoms with Gasteiger partial charge in [0.2, 0.25) is 0 Å². The van der Waals surface area contributed by atoms with Crippen LogP contribution in [0.15, 0.2) is 187 Å². The number of hydrogen-bond donors (Lipinski definition) is 1. The fourth-order valence-corrected chi connectivity index (χ4v) is 9.13. The third-order valence-corrected chi connectivity index (χ3v) is 11.8. The molecule has 0 radical (unpaired) electrons. The Morgan fingerprint density at radius 1 is 0.464 bits per heavy atom. The quantitative estimate of drug-likeness (QED) is 0.177. The molecular formula is C50H37N5S. The second-order valence-electron chi connectivity index (χ2n) is 14.3. The van der Waals surface area contributed by atoms with Gasteiger partial charge in [-0.25, -0.2) is 15.0 Å². The van der Waals surface area contributed by atoms with E-state index in [4.69, 9.17) is 19.9 Å². The SMILES string of the molecule is CC1C(c2ccccc2)=NC(c2cccc(-c3cc(-c4nc(-c5ccccc5)nc(-c5ccccc5)n4)cc4sc5ccccc5c34)c2)NC1c1ccccc1. The Hall–Kier alpha value is -6.60. The number of fused-ring (bicyclic) bond motifs is 3. The highest BCUT2D eigenvalue weighted by atomic mass is 32.1. The smallest absolute Gasteiger partial charge is 0.164 e. The van der Waals surface area contributed by atoms with Crippen molar-refractivity contribution in [3.63, 3.8) is 0 Å². The zero-order chi connectivity index (χ0) is 37.4. The molecule has 5 nitrogen and oxygen atoms in total. The molecule has 0 spiro atoms. The Kier molecular flexibility index (Phi) is 8.83. The van der Waals surface area contributed by atoms with Crippen molar-refractivity contribution in [1.29, 1.82) is 0 Å². The first-order valence-corrected chi connectivity index (χ1v) is 19.8. The van der Waals surface area contributed by atoms with Crippen molar-refractivity contribution in [2.24, 2.45) is 10.9 Å². The Bertz CT molecular complexity index is 2800. The lowest BCUT2D eigenvalue weighted by atomic mass is 9.85. The number of thiophene rings is 1. The van der Waals surface area contributed by atoms with Crippen LogP contribution in [-0.4, -0.2) is 20.7 Å². The minimum absolute atomic E-state index is 0.0925. The van der Waals surface area contributed by atoms with Crippen molar-refractivity contribution in [2.45, 2.75) is 19.1 Å². The van der Waals surface area contributed by atoms with E-state index >= 15 is 0 Å². The molecule has 3 heterocycles. The molecule has 0 amide bonds. The Morgan fingerprint density at radius 2 is 1.00 bits per heavy atom. The van der Waals surface area contributed by atoms with Crippen LogP contribution in [0, 0.1) is 5.92 Å². The molecule has 6 heteroatoms. The molecule has 0 saturated heterocycles. The summed E-state index contributed by atoms with van der Waals surface area (Å²) in [5.41, 5.74) is 9.72. The number of aromatic nitrogens is 3. The monoisotopic (exact) mass is 739 g/mol. The molecule has 0 fully saturated rings. The maximum atomic E-state index is 5.44. The predicted octanol–water partition coefficient (Wildman–Crippen LogP) is 12.4. The molecule has 0 bridgehead atoms. The van der Waals surface area contributed by atoms with Gasteiger partial charge in [-0.2, -0.15) is 0 Å². The lowest BCUT2D eigenvalue weighted by Gasteiger charge is -2.35. The summed E-state index contributed by atoms with van der Waals surface area (Å²) in [6.07, 6.45) is -0.241. The molecule has 268 valence electrons. The highest BCUT2D eigenvalue weighted by molar-refractivity contribution is 7.26. The van der Waals surface area contributed by atoms with Gasteiger partial charge in [0.05, 0.1) is 0 Å². The van der Waals surface area contributed by atoms with Crippen LogP contribution < -0.4 is 5.32 Å². The molecule has 3 atom stereocenters. The van der Waals surface area contributed by atoms with Crippen LogP contribution in [0.5, 0.6) is 0 Å². The Morgan fingerprint density at radius 3 is 1.66 bits per heavy atom. The third-order valence-electron chi connectivity index (χ3n) is 10.7. The van der Waals surface area contributed by atoms with Crippen LogP contribution in [-0.2, 0) is 0 Å². The molecule has 1 aliphatic heterocycles. The van der Waals surface area contributed by atoms with Gasteiger partial charge in [0, 0.05) is 54.5 Å². The van der Waals surface area contributed by atoms with E-state index in [1.807, 2.05) is 60.7 Å². The van der Waals surface area contributed by atoms with Gasteiger partial charge in [-0.1, -0.05) is 165 Å². The fourth-order valence-electron chi connectivity index (χ4n) is 7.95. The van der Waals surface area contributed by atoms with E-state index in [0.717, 1.165) is 44.7 Å². The number of aliphatic imine (C=N–C) groups is 1. The molecule has 1 aliphatic rings. The first-order chi connectivity index (χ1) is 27.7. The lowest BCUT2D eigenvalue weighted by molar-refractivity contribution is 0.379. The predicted molar refractivity (Wildman–Crippen MR) is 232 cm³/mol. The average Bonchev–Trinajstić information content (AvgIpc) is 3.66. The van der Waals surface area contributed by atoms with Gasteiger partial charge in [-0.05, 0) is 52.1 Å². The summed E-state index contributed by atoms with van der Waals surface area (Å²) in [5.74, 6) is 2.11. The van der Waals surface area contributed by atoms with Gasteiger partial charge in [0.25, 0.3) is 0 Å². The Labute approximate surface area is 330 Å². The van der Waals surface area contributed by atoms with E-state index in [0.29, 0.717) is 17.5 Å². The Balaban J connectivity index is 1.15. The topological polar surface area (TPSA) is 63.1 Å². The summed E-state index contributed by atoms with van der Waals surface area (Å²) in [5, 5.41) is 6.41. The van der Waals surface area contributed by atoms with E-state index < -0.39 is 0 Å². The largest absolute Gasteiger partial charge is 0.284 e. The second-order valence-corrected chi connectivity index (χ2v) is 15.4. The van der Waals surface area contributed by atoms with Crippen molar-refractivity contribution in [2.75, 3.05) is 0 Å². The van der Waals surface area contributed by atoms with Gasteiger partial charge >= 0.3 is 0 Å². The first kappa shape index (κ1) is 33.9. The molecule has 0 saturated carbocycles. The number of hydrogen-bond acceptors (Lipinski definition) is 6. The first-order valence-electron chi connectivity index (χ1n) is 19.0. The number of rotatable bonds is 7. The second kappa shape index (κ2) is 14.6. The van der Waals surface area contributed by atoms with Crippen molar-refractivity contribution < 1.29 is 0 Å².